The molecule has 5 aromatic rings. The number of nitrogens with one attached hydrogen (secondary N) is 10. The van der Waals surface area contributed by atoms with Crippen molar-refractivity contribution in [2.45, 2.75) is 133 Å². The number of hydrogen-bond acceptors (Lipinski definition) is 18. The molecule has 500 valence electrons. The number of aromatic nitrogens is 2. The number of carbonyl (C=O) groups is 11. The summed E-state index contributed by atoms with van der Waals surface area (Å²) in [6, 6.07) is 10.4. The summed E-state index contributed by atoms with van der Waals surface area (Å²) < 4.78 is 0. The zero-order valence-electron chi connectivity index (χ0n) is 51.4. The van der Waals surface area contributed by atoms with Gasteiger partial charge in [0.2, 0.25) is 53.2 Å². The van der Waals surface area contributed by atoms with Crippen molar-refractivity contribution in [1.29, 1.82) is 0 Å². The zero-order chi connectivity index (χ0) is 68.5. The zero-order valence-corrected chi connectivity index (χ0v) is 53.2. The molecular weight excluding hydrogens is 1240 g/mol. The molecule has 0 aliphatic carbocycles. The molecular formula is C63H80N12O16S2. The van der Waals surface area contributed by atoms with Gasteiger partial charge in [-0.3, -0.25) is 47.9 Å². The number of aromatic hydroxyl groups is 3. The highest BCUT2D eigenvalue weighted by molar-refractivity contribution is 7.80. The second-order valence-electron chi connectivity index (χ2n) is 22.8. The van der Waals surface area contributed by atoms with Gasteiger partial charge in [0.25, 0.3) is 0 Å². The summed E-state index contributed by atoms with van der Waals surface area (Å²) in [4.78, 5) is 159. The Labute approximate surface area is 547 Å². The number of aromatic amines is 1. The molecule has 0 saturated carbocycles. The van der Waals surface area contributed by atoms with Gasteiger partial charge >= 0.3 is 11.9 Å². The van der Waals surface area contributed by atoms with Crippen molar-refractivity contribution < 1.29 is 78.3 Å². The van der Waals surface area contributed by atoms with Crippen LogP contribution in [0.25, 0.3) is 0 Å². The van der Waals surface area contributed by atoms with Crippen molar-refractivity contribution in [1.82, 2.24) is 57.8 Å². The Balaban J connectivity index is 1.45. The van der Waals surface area contributed by atoms with Crippen molar-refractivity contribution in [3.8, 4) is 17.2 Å². The number of carboxylic acid groups (broad SMARTS) is 2. The number of aliphatic carboxylic acids is 2. The monoisotopic (exact) mass is 1320 g/mol. The SMILES string of the molecule is CC(C)C[C@H](NC(=O)[C@H](CC(=O)O)NC(=O)[C@H](Cc1ccccc1)NC(=O)[C@@H](N)CS)C(=O)N[C@@H](Cc1ccc(O)cc1)C(=O)N[C@@H](Cc1cnc[nH]1)C(=O)N[C@@H](Cc1ccc(O)cc1)C(=O)N[C@H](C(=O)N[C@@H](Cc1ccc(O)cc1)C(=O)N[C@@H](CS)C(=O)O)C(C)C. The minimum atomic E-state index is -1.83. The lowest BCUT2D eigenvalue weighted by molar-refractivity contribution is -0.142. The van der Waals surface area contributed by atoms with Gasteiger partial charge in [-0.15, -0.1) is 0 Å². The smallest absolute Gasteiger partial charge is 0.327 e. The third kappa shape index (κ3) is 24.5. The first-order chi connectivity index (χ1) is 44.1. The number of nitrogens with zero attached hydrogens (tertiary/aromatic N) is 1. The van der Waals surface area contributed by atoms with Crippen LogP contribution >= 0.6 is 25.3 Å². The van der Waals surface area contributed by atoms with E-state index in [9.17, 15) is 78.3 Å². The van der Waals surface area contributed by atoms with E-state index >= 15 is 0 Å². The summed E-state index contributed by atoms with van der Waals surface area (Å²) >= 11 is 8.09. The molecule has 10 atom stereocenters. The van der Waals surface area contributed by atoms with Crippen molar-refractivity contribution in [3.63, 3.8) is 0 Å². The van der Waals surface area contributed by atoms with Crippen molar-refractivity contribution in [2.75, 3.05) is 11.5 Å². The molecule has 4 aromatic carbocycles. The number of benzene rings is 4. The first-order valence-electron chi connectivity index (χ1n) is 29.6. The van der Waals surface area contributed by atoms with Crippen LogP contribution in [0.1, 0.15) is 68.5 Å². The molecule has 9 amide bonds. The van der Waals surface area contributed by atoms with Gasteiger partial charge in [0.1, 0.15) is 71.6 Å². The second kappa shape index (κ2) is 36.4. The van der Waals surface area contributed by atoms with Crippen LogP contribution in [0.2, 0.25) is 0 Å². The molecule has 0 bridgehead atoms. The molecule has 93 heavy (non-hydrogen) atoms. The normalized spacial score (nSPS) is 14.4. The van der Waals surface area contributed by atoms with Crippen molar-refractivity contribution in [3.05, 3.63) is 144 Å². The van der Waals surface area contributed by atoms with E-state index in [0.717, 1.165) is 0 Å². The highest BCUT2D eigenvalue weighted by atomic mass is 32.1. The van der Waals surface area contributed by atoms with Gasteiger partial charge in [-0.2, -0.15) is 25.3 Å². The van der Waals surface area contributed by atoms with Crippen molar-refractivity contribution >= 4 is 90.4 Å². The van der Waals surface area contributed by atoms with E-state index in [1.165, 1.54) is 85.3 Å². The fourth-order valence-corrected chi connectivity index (χ4v) is 9.85. The van der Waals surface area contributed by atoms with Gasteiger partial charge in [-0.1, -0.05) is 94.4 Å². The van der Waals surface area contributed by atoms with Crippen LogP contribution in [0.15, 0.2) is 116 Å². The Bertz CT molecular complexity index is 3350. The number of hydrogen-bond donors (Lipinski definition) is 18. The quantitative estimate of drug-likeness (QED) is 0.0232. The average molecular weight is 1330 g/mol. The number of phenolic OH excluding ortho intramolecular Hbond substituents is 3. The van der Waals surface area contributed by atoms with Gasteiger partial charge in [0.15, 0.2) is 0 Å². The predicted octanol–water partition coefficient (Wildman–Crippen LogP) is -0.149. The molecule has 0 radical (unpaired) electrons. The lowest BCUT2D eigenvalue weighted by Crippen LogP contribution is -2.62. The highest BCUT2D eigenvalue weighted by Gasteiger charge is 2.37. The summed E-state index contributed by atoms with van der Waals surface area (Å²) in [7, 11) is 0. The number of rotatable bonds is 36. The van der Waals surface area contributed by atoms with E-state index in [1.807, 2.05) is 0 Å². The van der Waals surface area contributed by atoms with E-state index in [-0.39, 0.29) is 73.2 Å². The first-order valence-corrected chi connectivity index (χ1v) is 30.9. The number of H-pyrrole nitrogens is 1. The van der Waals surface area contributed by atoms with Gasteiger partial charge in [-0.05, 0) is 76.9 Å². The number of carboxylic acids is 2. The summed E-state index contributed by atoms with van der Waals surface area (Å²) in [6.07, 6.45) is 0.374. The van der Waals surface area contributed by atoms with Gasteiger partial charge < -0.3 is 84.1 Å². The Morgan fingerprint density at radius 2 is 0.796 bits per heavy atom. The number of thiol groups is 2. The van der Waals surface area contributed by atoms with E-state index in [1.54, 1.807) is 58.0 Å². The van der Waals surface area contributed by atoms with Crippen LogP contribution in [-0.2, 0) is 84.8 Å². The van der Waals surface area contributed by atoms with Crippen LogP contribution < -0.4 is 53.6 Å². The molecule has 1 heterocycles. The van der Waals surface area contributed by atoms with Crippen LogP contribution in [0, 0.1) is 11.8 Å². The maximum atomic E-state index is 14.9. The largest absolute Gasteiger partial charge is 0.508 e. The molecule has 5 rings (SSSR count). The van der Waals surface area contributed by atoms with E-state index in [2.05, 4.69) is 83.1 Å². The van der Waals surface area contributed by atoms with Crippen LogP contribution in [-0.4, -0.2) is 173 Å². The fourth-order valence-electron chi connectivity index (χ4n) is 9.43. The maximum Gasteiger partial charge on any atom is 0.327 e. The van der Waals surface area contributed by atoms with Crippen LogP contribution in [0.5, 0.6) is 17.2 Å². The van der Waals surface area contributed by atoms with E-state index < -0.39 is 138 Å². The molecule has 0 unspecified atom stereocenters. The number of phenols is 3. The summed E-state index contributed by atoms with van der Waals surface area (Å²) in [5, 5.41) is 72.9. The lowest BCUT2D eigenvalue weighted by Gasteiger charge is -2.29. The molecule has 0 saturated heterocycles. The standard InChI is InChI=1S/C63H80N12O16S2/c1-33(2)22-44(68-60(87)50(28-52(79)80)72-56(83)45(67-54(81)43(64)30-92)23-35-8-6-5-7-9-35)55(82)69-46(24-36-10-16-40(76)17-11-36)57(84)71-49(27-39-29-65-32-66-39)59(86)70-48(26-38-14-20-42(78)21-15-38)61(88)75-53(34(3)4)62(89)73-47(25-37-12-18-41(77)19-13-37)58(85)74-51(31-93)63(90)91/h5-21,29,32-34,43-51,53,76-78,92-93H,22-28,30-31,64H2,1-4H3,(H,65,66)(H,67,81)(H,68,87)(H,69,82)(H,70,86)(H,71,84)(H,72,83)(H,73,89)(H,74,85)(H,75,88)(H,79,80)(H,90,91)/t43-,44-,45-,46-,47-,48-,49-,50-,51-,53-/m0/s1. The number of carbonyl (C=O) groups excluding carboxylic acids is 9. The third-order valence-corrected chi connectivity index (χ3v) is 15.2. The molecule has 17 N–H and O–H groups in total. The molecule has 0 spiro atoms. The first kappa shape index (κ1) is 74.1. The maximum absolute atomic E-state index is 14.9. The molecule has 0 aliphatic heterocycles. The van der Waals surface area contributed by atoms with E-state index in [0.29, 0.717) is 27.9 Å². The third-order valence-electron chi connectivity index (χ3n) is 14.5. The minimum Gasteiger partial charge on any atom is -0.508 e. The highest BCUT2D eigenvalue weighted by Crippen LogP contribution is 2.18. The predicted molar refractivity (Wildman–Crippen MR) is 345 cm³/mol. The minimum absolute atomic E-state index is 0.0839. The van der Waals surface area contributed by atoms with Crippen LogP contribution in [0.3, 0.4) is 0 Å². The number of imidazole rings is 1. The summed E-state index contributed by atoms with van der Waals surface area (Å²) in [5.74, 6) is -13.2. The van der Waals surface area contributed by atoms with Gasteiger partial charge in [0, 0.05) is 55.5 Å². The Hall–Kier alpha value is -9.68. The van der Waals surface area contributed by atoms with Crippen LogP contribution in [0.4, 0.5) is 0 Å². The molecule has 30 heteroatoms. The number of nitrogens with two attached hydrogens (primary N) is 1. The molecule has 0 aliphatic rings. The average Bonchev–Trinajstić information content (AvgIpc) is 1.38. The molecule has 0 fully saturated rings. The fraction of sp³-hybridized carbons (Fsp3) is 0.397. The Kier molecular flexibility index (Phi) is 29.0. The number of amides is 9. The lowest BCUT2D eigenvalue weighted by atomic mass is 9.99. The van der Waals surface area contributed by atoms with Gasteiger partial charge in [0.05, 0.1) is 18.8 Å². The Morgan fingerprint density at radius 3 is 1.17 bits per heavy atom. The summed E-state index contributed by atoms with van der Waals surface area (Å²) in [6.45, 7) is 6.60. The summed E-state index contributed by atoms with van der Waals surface area (Å²) in [5.41, 5.74) is 8.02. The molecule has 1 aromatic heterocycles. The Morgan fingerprint density at radius 1 is 0.441 bits per heavy atom. The second-order valence-corrected chi connectivity index (χ2v) is 23.6. The molecule has 28 nitrogen and oxygen atoms in total. The van der Waals surface area contributed by atoms with Crippen molar-refractivity contribution in [2.24, 2.45) is 17.6 Å². The van der Waals surface area contributed by atoms with Gasteiger partial charge in [-0.25, -0.2) is 9.78 Å². The topological polar surface area (TPSA) is 452 Å². The van der Waals surface area contributed by atoms with E-state index in [4.69, 9.17) is 5.73 Å².